The summed E-state index contributed by atoms with van der Waals surface area (Å²) in [5.74, 6) is -0.723. The third-order valence-corrected chi connectivity index (χ3v) is 1.71. The van der Waals surface area contributed by atoms with Crippen LogP contribution in [0, 0.1) is 0 Å². The average molecular weight is 232 g/mol. The minimum atomic E-state index is -3.96. The first kappa shape index (κ1) is 12.4. The van der Waals surface area contributed by atoms with Crippen LogP contribution in [0.15, 0.2) is 18.2 Å². The fourth-order valence-electron chi connectivity index (χ4n) is 1.04. The molecule has 16 heavy (non-hydrogen) atoms. The maximum atomic E-state index is 12.1. The second-order valence-electron chi connectivity index (χ2n) is 3.23. The predicted molar refractivity (Wildman–Crippen MR) is 50.8 cm³/mol. The average Bonchev–Trinajstić information content (AvgIpc) is 2.13. The summed E-state index contributed by atoms with van der Waals surface area (Å²) < 4.78 is 28.7. The van der Waals surface area contributed by atoms with Crippen molar-refractivity contribution in [3.63, 3.8) is 0 Å². The molecule has 0 heterocycles. The molecular weight excluding hydrogens is 222 g/mol. The monoisotopic (exact) mass is 232 g/mol. The third-order valence-electron chi connectivity index (χ3n) is 1.71. The molecule has 0 aliphatic heterocycles. The van der Waals surface area contributed by atoms with Crippen LogP contribution in [-0.2, 0) is 0 Å². The number of Topliss-reactive ketones (excluding diaryl/α,β-unsaturated/α-hetero) is 1. The summed E-state index contributed by atoms with van der Waals surface area (Å²) in [5.41, 5.74) is 0.135. The second kappa shape index (κ2) is 4.44. The Labute approximate surface area is 90.1 Å². The number of ketones is 1. The number of phenolic OH excluding ortho intramolecular Hbond substituents is 1. The van der Waals surface area contributed by atoms with Gasteiger partial charge in [-0.15, -0.1) is 0 Å². The van der Waals surface area contributed by atoms with E-state index in [4.69, 9.17) is 5.11 Å². The number of aliphatic hydroxyl groups is 1. The molecule has 0 bridgehead atoms. The summed E-state index contributed by atoms with van der Waals surface area (Å²) >= 11 is 0. The van der Waals surface area contributed by atoms with E-state index in [1.165, 1.54) is 19.1 Å². The van der Waals surface area contributed by atoms with Gasteiger partial charge in [0.25, 0.3) is 0 Å². The van der Waals surface area contributed by atoms with Crippen molar-refractivity contribution in [2.75, 3.05) is 6.61 Å². The molecule has 1 aromatic carbocycles. The highest BCUT2D eigenvalue weighted by molar-refractivity contribution is 5.94. The molecule has 0 saturated carbocycles. The van der Waals surface area contributed by atoms with Crippen molar-refractivity contribution < 1.29 is 28.5 Å². The van der Waals surface area contributed by atoms with E-state index in [2.05, 4.69) is 4.74 Å². The van der Waals surface area contributed by atoms with Gasteiger partial charge < -0.3 is 14.9 Å². The molecule has 0 aromatic heterocycles. The van der Waals surface area contributed by atoms with E-state index in [1.807, 2.05) is 0 Å². The van der Waals surface area contributed by atoms with Gasteiger partial charge in [-0.25, -0.2) is 0 Å². The van der Waals surface area contributed by atoms with Crippen LogP contribution in [0.3, 0.4) is 0 Å². The Morgan fingerprint density at radius 1 is 1.44 bits per heavy atom. The van der Waals surface area contributed by atoms with Gasteiger partial charge in [-0.05, 0) is 19.1 Å². The van der Waals surface area contributed by atoms with E-state index in [0.717, 1.165) is 6.07 Å². The van der Waals surface area contributed by atoms with Crippen molar-refractivity contribution in [2.24, 2.45) is 0 Å². The minimum absolute atomic E-state index is 0.112. The van der Waals surface area contributed by atoms with Gasteiger partial charge >= 0.3 is 6.11 Å². The van der Waals surface area contributed by atoms with Crippen LogP contribution in [0.5, 0.6) is 11.5 Å². The van der Waals surface area contributed by atoms with Gasteiger partial charge in [0.1, 0.15) is 11.5 Å². The lowest BCUT2D eigenvalue weighted by Gasteiger charge is -2.11. The number of carbonyl (C=O) groups excluding carboxylic acids is 1. The van der Waals surface area contributed by atoms with Gasteiger partial charge in [-0.3, -0.25) is 4.79 Å². The summed E-state index contributed by atoms with van der Waals surface area (Å²) in [4.78, 5) is 11.0. The number of hydrogen-bond donors (Lipinski definition) is 2. The number of phenols is 1. The van der Waals surface area contributed by atoms with Crippen molar-refractivity contribution in [2.45, 2.75) is 13.0 Å². The molecule has 0 aliphatic rings. The van der Waals surface area contributed by atoms with Crippen LogP contribution in [0.4, 0.5) is 8.78 Å². The molecule has 1 aromatic rings. The lowest BCUT2D eigenvalue weighted by atomic mass is 10.1. The topological polar surface area (TPSA) is 66.8 Å². The summed E-state index contributed by atoms with van der Waals surface area (Å²) in [5, 5.41) is 17.3. The maximum absolute atomic E-state index is 12.1. The number of rotatable bonds is 4. The third kappa shape index (κ3) is 3.82. The Kier molecular flexibility index (Phi) is 3.44. The molecule has 0 radical (unpaired) electrons. The van der Waals surface area contributed by atoms with E-state index in [9.17, 15) is 18.7 Å². The number of benzene rings is 1. The number of aromatic hydroxyl groups is 1. The van der Waals surface area contributed by atoms with Crippen molar-refractivity contribution in [3.8, 4) is 11.5 Å². The van der Waals surface area contributed by atoms with Crippen molar-refractivity contribution in [1.29, 1.82) is 0 Å². The summed E-state index contributed by atoms with van der Waals surface area (Å²) in [6.07, 6.45) is -3.96. The Bertz CT molecular complexity index is 398. The van der Waals surface area contributed by atoms with Crippen molar-refractivity contribution in [3.05, 3.63) is 23.8 Å². The van der Waals surface area contributed by atoms with Crippen LogP contribution in [0.1, 0.15) is 17.3 Å². The van der Waals surface area contributed by atoms with Crippen LogP contribution < -0.4 is 4.74 Å². The van der Waals surface area contributed by atoms with Gasteiger partial charge in [-0.2, -0.15) is 8.78 Å². The normalized spacial score (nSPS) is 11.2. The lowest BCUT2D eigenvalue weighted by Crippen LogP contribution is -2.24. The Morgan fingerprint density at radius 3 is 2.56 bits per heavy atom. The molecule has 4 nitrogen and oxygen atoms in total. The zero-order chi connectivity index (χ0) is 12.3. The largest absolute Gasteiger partial charge is 0.508 e. The summed E-state index contributed by atoms with van der Waals surface area (Å²) in [6, 6.07) is 3.46. The van der Waals surface area contributed by atoms with E-state index >= 15 is 0 Å². The highest BCUT2D eigenvalue weighted by Crippen LogP contribution is 2.23. The first-order valence-corrected chi connectivity index (χ1v) is 4.36. The number of hydrogen-bond acceptors (Lipinski definition) is 4. The summed E-state index contributed by atoms with van der Waals surface area (Å²) in [6.45, 7) is 0.0208. The highest BCUT2D eigenvalue weighted by atomic mass is 19.3. The number of alkyl halides is 2. The highest BCUT2D eigenvalue weighted by Gasteiger charge is 2.25. The molecule has 0 unspecified atom stereocenters. The molecule has 0 amide bonds. The standard InChI is InChI=1S/C10H10F2O4/c1-6(13)7-2-8(14)4-9(3-7)16-5-10(11,12)15/h2-4,14-15H,5H2,1H3. The van der Waals surface area contributed by atoms with Gasteiger partial charge in [0, 0.05) is 11.6 Å². The van der Waals surface area contributed by atoms with Crippen molar-refractivity contribution >= 4 is 5.78 Å². The van der Waals surface area contributed by atoms with E-state index in [1.54, 1.807) is 0 Å². The number of carbonyl (C=O) groups is 1. The smallest absolute Gasteiger partial charge is 0.387 e. The van der Waals surface area contributed by atoms with Gasteiger partial charge in [0.15, 0.2) is 12.4 Å². The Morgan fingerprint density at radius 2 is 2.06 bits per heavy atom. The van der Waals surface area contributed by atoms with Crippen LogP contribution in [-0.4, -0.2) is 28.7 Å². The van der Waals surface area contributed by atoms with Gasteiger partial charge in [0.05, 0.1) is 0 Å². The molecular formula is C10H10F2O4. The molecule has 0 spiro atoms. The quantitative estimate of drug-likeness (QED) is 0.773. The molecule has 0 fully saturated rings. The van der Waals surface area contributed by atoms with E-state index in [0.29, 0.717) is 0 Å². The Balaban J connectivity index is 2.85. The van der Waals surface area contributed by atoms with Crippen LogP contribution in [0.2, 0.25) is 0 Å². The zero-order valence-corrected chi connectivity index (χ0v) is 8.41. The van der Waals surface area contributed by atoms with E-state index < -0.39 is 12.7 Å². The molecule has 2 N–H and O–H groups in total. The fraction of sp³-hybridized carbons (Fsp3) is 0.300. The zero-order valence-electron chi connectivity index (χ0n) is 8.41. The maximum Gasteiger partial charge on any atom is 0.387 e. The molecule has 0 atom stereocenters. The van der Waals surface area contributed by atoms with Gasteiger partial charge in [-0.1, -0.05) is 0 Å². The molecule has 0 aliphatic carbocycles. The summed E-state index contributed by atoms with van der Waals surface area (Å²) in [7, 11) is 0. The lowest BCUT2D eigenvalue weighted by molar-refractivity contribution is -0.216. The SMILES string of the molecule is CC(=O)c1cc(O)cc(OCC(O)(F)F)c1. The van der Waals surface area contributed by atoms with Crippen LogP contribution in [0.25, 0.3) is 0 Å². The molecule has 88 valence electrons. The Hall–Kier alpha value is -1.69. The molecule has 1 rings (SSSR count). The predicted octanol–water partition coefficient (Wildman–Crippen LogP) is 1.56. The molecule has 6 heteroatoms. The van der Waals surface area contributed by atoms with Gasteiger partial charge in [0.2, 0.25) is 0 Å². The first-order valence-electron chi connectivity index (χ1n) is 4.36. The minimum Gasteiger partial charge on any atom is -0.508 e. The van der Waals surface area contributed by atoms with Crippen LogP contribution >= 0.6 is 0 Å². The molecule has 0 saturated heterocycles. The van der Waals surface area contributed by atoms with E-state index in [-0.39, 0.29) is 22.8 Å². The number of ether oxygens (including phenoxy) is 1. The second-order valence-corrected chi connectivity index (χ2v) is 3.23. The number of halogens is 2. The first-order chi connectivity index (χ1) is 7.28. The fourth-order valence-corrected chi connectivity index (χ4v) is 1.04. The van der Waals surface area contributed by atoms with Crippen molar-refractivity contribution in [1.82, 2.24) is 0 Å².